The molecule has 0 aliphatic heterocycles. The quantitative estimate of drug-likeness (QED) is 0.907. The predicted molar refractivity (Wildman–Crippen MR) is 81.0 cm³/mol. The van der Waals surface area contributed by atoms with Crippen LogP contribution in [0, 0.1) is 6.92 Å². The van der Waals surface area contributed by atoms with Gasteiger partial charge in [-0.25, -0.2) is 4.98 Å². The van der Waals surface area contributed by atoms with Crippen molar-refractivity contribution in [2.75, 3.05) is 19.0 Å². The molecular formula is C16H21N3. The van der Waals surface area contributed by atoms with Crippen molar-refractivity contribution < 1.29 is 0 Å². The maximum absolute atomic E-state index is 4.53. The second kappa shape index (κ2) is 5.85. The molecule has 1 aromatic heterocycles. The Hall–Kier alpha value is -1.87. The molecule has 2 aromatic rings. The largest absolute Gasteiger partial charge is 0.329 e. The van der Waals surface area contributed by atoms with Crippen molar-refractivity contribution in [3.63, 3.8) is 0 Å². The lowest BCUT2D eigenvalue weighted by atomic mass is 10.1. The average Bonchev–Trinajstić information content (AvgIpc) is 2.46. The van der Waals surface area contributed by atoms with E-state index < -0.39 is 0 Å². The van der Waals surface area contributed by atoms with Crippen LogP contribution in [0.3, 0.4) is 0 Å². The standard InChI is InChI=1S/C16H21N3/c1-12-5-8-15(9-6-12)19(4)16-10-7-14(11-18-16)13(2)17-3/h5-11,13,17H,1-4H3. The predicted octanol–water partition coefficient (Wildman–Crippen LogP) is 3.44. The Morgan fingerprint density at radius 3 is 2.32 bits per heavy atom. The van der Waals surface area contributed by atoms with Gasteiger partial charge < -0.3 is 10.2 Å². The van der Waals surface area contributed by atoms with Gasteiger partial charge in [0.15, 0.2) is 0 Å². The van der Waals surface area contributed by atoms with Crippen LogP contribution in [0.1, 0.15) is 24.1 Å². The van der Waals surface area contributed by atoms with Gasteiger partial charge in [0, 0.05) is 25.0 Å². The van der Waals surface area contributed by atoms with Crippen molar-refractivity contribution in [1.29, 1.82) is 0 Å². The highest BCUT2D eigenvalue weighted by atomic mass is 15.2. The van der Waals surface area contributed by atoms with Gasteiger partial charge in [-0.15, -0.1) is 0 Å². The molecule has 1 atom stereocenters. The van der Waals surface area contributed by atoms with Gasteiger partial charge in [-0.05, 0) is 44.7 Å². The highest BCUT2D eigenvalue weighted by Crippen LogP contribution is 2.22. The fourth-order valence-corrected chi connectivity index (χ4v) is 1.92. The van der Waals surface area contributed by atoms with E-state index in [0.717, 1.165) is 11.5 Å². The third kappa shape index (κ3) is 3.12. The molecule has 3 nitrogen and oxygen atoms in total. The molecule has 0 bridgehead atoms. The Labute approximate surface area is 115 Å². The molecule has 1 aromatic carbocycles. The molecule has 0 radical (unpaired) electrons. The van der Waals surface area contributed by atoms with E-state index in [9.17, 15) is 0 Å². The average molecular weight is 255 g/mol. The molecule has 0 aliphatic carbocycles. The fourth-order valence-electron chi connectivity index (χ4n) is 1.92. The van der Waals surface area contributed by atoms with Crippen LogP contribution in [0.15, 0.2) is 42.6 Å². The van der Waals surface area contributed by atoms with Crippen LogP contribution in [0.25, 0.3) is 0 Å². The lowest BCUT2D eigenvalue weighted by molar-refractivity contribution is 0.649. The van der Waals surface area contributed by atoms with Crippen molar-refractivity contribution in [3.8, 4) is 0 Å². The van der Waals surface area contributed by atoms with E-state index in [0.29, 0.717) is 6.04 Å². The summed E-state index contributed by atoms with van der Waals surface area (Å²) < 4.78 is 0. The third-order valence-corrected chi connectivity index (χ3v) is 3.47. The SMILES string of the molecule is CNC(C)c1ccc(N(C)c2ccc(C)cc2)nc1. The molecule has 1 N–H and O–H groups in total. The van der Waals surface area contributed by atoms with Crippen LogP contribution >= 0.6 is 0 Å². The summed E-state index contributed by atoms with van der Waals surface area (Å²) >= 11 is 0. The summed E-state index contributed by atoms with van der Waals surface area (Å²) in [5.41, 5.74) is 3.61. The van der Waals surface area contributed by atoms with Gasteiger partial charge in [0.25, 0.3) is 0 Å². The zero-order chi connectivity index (χ0) is 13.8. The van der Waals surface area contributed by atoms with E-state index in [1.165, 1.54) is 11.1 Å². The maximum atomic E-state index is 4.53. The van der Waals surface area contributed by atoms with Gasteiger partial charge in [0.05, 0.1) is 0 Å². The van der Waals surface area contributed by atoms with E-state index in [1.54, 1.807) is 0 Å². The number of anilines is 2. The van der Waals surface area contributed by atoms with Gasteiger partial charge >= 0.3 is 0 Å². The molecule has 0 aliphatic rings. The Balaban J connectivity index is 2.19. The van der Waals surface area contributed by atoms with Crippen LogP contribution in [-0.4, -0.2) is 19.1 Å². The lowest BCUT2D eigenvalue weighted by Gasteiger charge is -2.19. The Morgan fingerprint density at radius 1 is 1.11 bits per heavy atom. The Bertz CT molecular complexity index is 517. The number of benzene rings is 1. The van der Waals surface area contributed by atoms with Gasteiger partial charge in [-0.1, -0.05) is 23.8 Å². The zero-order valence-corrected chi connectivity index (χ0v) is 12.0. The second-order valence-corrected chi connectivity index (χ2v) is 4.85. The highest BCUT2D eigenvalue weighted by Gasteiger charge is 2.07. The number of rotatable bonds is 4. The molecule has 0 fully saturated rings. The molecule has 0 saturated carbocycles. The van der Waals surface area contributed by atoms with Crippen LogP contribution in [0.2, 0.25) is 0 Å². The third-order valence-electron chi connectivity index (χ3n) is 3.47. The smallest absolute Gasteiger partial charge is 0.132 e. The molecular weight excluding hydrogens is 234 g/mol. The van der Waals surface area contributed by atoms with Gasteiger partial charge in [-0.3, -0.25) is 0 Å². The minimum Gasteiger partial charge on any atom is -0.329 e. The number of hydrogen-bond donors (Lipinski definition) is 1. The molecule has 1 heterocycles. The Morgan fingerprint density at radius 2 is 1.79 bits per heavy atom. The number of pyridine rings is 1. The summed E-state index contributed by atoms with van der Waals surface area (Å²) in [6.07, 6.45) is 1.93. The van der Waals surface area contributed by atoms with Gasteiger partial charge in [0.1, 0.15) is 5.82 Å². The Kier molecular flexibility index (Phi) is 4.17. The first-order valence-electron chi connectivity index (χ1n) is 6.55. The number of nitrogens with zero attached hydrogens (tertiary/aromatic N) is 2. The van der Waals surface area contributed by atoms with Crippen LogP contribution in [0.4, 0.5) is 11.5 Å². The minimum absolute atomic E-state index is 0.325. The molecule has 19 heavy (non-hydrogen) atoms. The first-order chi connectivity index (χ1) is 9.11. The summed E-state index contributed by atoms with van der Waals surface area (Å²) in [5.74, 6) is 0.955. The van der Waals surface area contributed by atoms with Crippen LogP contribution < -0.4 is 10.2 Å². The van der Waals surface area contributed by atoms with Crippen LogP contribution in [0.5, 0.6) is 0 Å². The zero-order valence-electron chi connectivity index (χ0n) is 12.0. The fraction of sp³-hybridized carbons (Fsp3) is 0.312. The van der Waals surface area contributed by atoms with Crippen molar-refractivity contribution in [1.82, 2.24) is 10.3 Å². The van der Waals surface area contributed by atoms with Crippen molar-refractivity contribution in [3.05, 3.63) is 53.7 Å². The molecule has 0 spiro atoms. The first kappa shape index (κ1) is 13.6. The molecule has 0 amide bonds. The van der Waals surface area contributed by atoms with E-state index in [1.807, 2.05) is 20.3 Å². The highest BCUT2D eigenvalue weighted by molar-refractivity contribution is 5.59. The summed E-state index contributed by atoms with van der Waals surface area (Å²) in [6.45, 7) is 4.22. The summed E-state index contributed by atoms with van der Waals surface area (Å²) in [6, 6.07) is 13.0. The first-order valence-corrected chi connectivity index (χ1v) is 6.55. The van der Waals surface area contributed by atoms with E-state index in [4.69, 9.17) is 0 Å². The van der Waals surface area contributed by atoms with Crippen LogP contribution in [-0.2, 0) is 0 Å². The van der Waals surface area contributed by atoms with Gasteiger partial charge in [-0.2, -0.15) is 0 Å². The van der Waals surface area contributed by atoms with Crippen molar-refractivity contribution >= 4 is 11.5 Å². The topological polar surface area (TPSA) is 28.2 Å². The molecule has 100 valence electrons. The molecule has 2 rings (SSSR count). The number of hydrogen-bond acceptors (Lipinski definition) is 3. The lowest BCUT2D eigenvalue weighted by Crippen LogP contribution is -2.14. The molecule has 3 heteroatoms. The number of aryl methyl sites for hydroxylation is 1. The van der Waals surface area contributed by atoms with Crippen molar-refractivity contribution in [2.45, 2.75) is 19.9 Å². The van der Waals surface area contributed by atoms with E-state index in [-0.39, 0.29) is 0 Å². The number of nitrogens with one attached hydrogen (secondary N) is 1. The van der Waals surface area contributed by atoms with Crippen molar-refractivity contribution in [2.24, 2.45) is 0 Å². The second-order valence-electron chi connectivity index (χ2n) is 4.85. The van der Waals surface area contributed by atoms with Gasteiger partial charge in [0.2, 0.25) is 0 Å². The summed E-state index contributed by atoms with van der Waals surface area (Å²) in [7, 11) is 3.99. The van der Waals surface area contributed by atoms with E-state index in [2.05, 4.69) is 65.4 Å². The normalized spacial score (nSPS) is 12.2. The minimum atomic E-state index is 0.325. The maximum Gasteiger partial charge on any atom is 0.132 e. The monoisotopic (exact) mass is 255 g/mol. The summed E-state index contributed by atoms with van der Waals surface area (Å²) in [5, 5.41) is 3.21. The number of aromatic nitrogens is 1. The van der Waals surface area contributed by atoms with E-state index >= 15 is 0 Å². The molecule has 1 unspecified atom stereocenters. The summed E-state index contributed by atoms with van der Waals surface area (Å²) in [4.78, 5) is 6.62. The molecule has 0 saturated heterocycles.